The maximum absolute atomic E-state index is 13.1. The third kappa shape index (κ3) is 1.44. The Balaban J connectivity index is 2.35. The lowest BCUT2D eigenvalue weighted by Crippen LogP contribution is -2.30. The Kier molecular flexibility index (Phi) is 2.03. The number of rotatable bonds is 1. The smallest absolute Gasteiger partial charge is 0.150 e. The van der Waals surface area contributed by atoms with Crippen LogP contribution in [0.15, 0.2) is 0 Å². The number of nitrogens with two attached hydrogens (primary N) is 1. The zero-order valence-corrected chi connectivity index (χ0v) is 7.57. The molecule has 0 aliphatic carbocycles. The second-order valence-corrected chi connectivity index (χ2v) is 3.36. The Bertz CT molecular complexity index is 309. The Morgan fingerprint density at radius 3 is 3.15 bits per heavy atom. The molecular formula is C8H13FN4. The minimum Gasteiger partial charge on any atom is -0.321 e. The lowest BCUT2D eigenvalue weighted by Gasteiger charge is -2.21. The average Bonchev–Trinajstić information content (AvgIpc) is 2.47. The molecule has 4 nitrogen and oxygen atoms in total. The molecule has 0 bridgehead atoms. The highest BCUT2D eigenvalue weighted by Gasteiger charge is 2.26. The molecule has 0 saturated heterocycles. The Morgan fingerprint density at radius 2 is 2.46 bits per heavy atom. The van der Waals surface area contributed by atoms with Crippen molar-refractivity contribution in [1.29, 1.82) is 0 Å². The topological polar surface area (TPSA) is 56.7 Å². The number of hydrogen-bond donors (Lipinski definition) is 1. The van der Waals surface area contributed by atoms with Crippen LogP contribution in [-0.4, -0.2) is 20.9 Å². The van der Waals surface area contributed by atoms with E-state index >= 15 is 0 Å². The highest BCUT2D eigenvalue weighted by Crippen LogP contribution is 2.22. The first-order valence-electron chi connectivity index (χ1n) is 4.54. The summed E-state index contributed by atoms with van der Waals surface area (Å²) in [5, 5.41) is 4.16. The van der Waals surface area contributed by atoms with Crippen molar-refractivity contribution in [3.05, 3.63) is 11.6 Å². The van der Waals surface area contributed by atoms with Crippen LogP contribution in [0.3, 0.4) is 0 Å². The first-order chi connectivity index (χ1) is 6.20. The summed E-state index contributed by atoms with van der Waals surface area (Å²) in [6, 6.07) is -0.295. The van der Waals surface area contributed by atoms with E-state index in [1.165, 1.54) is 0 Å². The lowest BCUT2D eigenvalue weighted by atomic mass is 10.1. The van der Waals surface area contributed by atoms with E-state index in [0.29, 0.717) is 13.0 Å². The Morgan fingerprint density at radius 1 is 1.69 bits per heavy atom. The molecule has 2 N–H and O–H groups in total. The van der Waals surface area contributed by atoms with Gasteiger partial charge >= 0.3 is 0 Å². The summed E-state index contributed by atoms with van der Waals surface area (Å²) in [6.07, 6.45) is 0.250. The van der Waals surface area contributed by atoms with Crippen molar-refractivity contribution in [3.63, 3.8) is 0 Å². The quantitative estimate of drug-likeness (QED) is 0.694. The predicted molar refractivity (Wildman–Crippen MR) is 45.8 cm³/mol. The standard InChI is InChI=1S/C8H13FN4/c1-2-7-11-8-6(10)3-5(9)4-13(8)12-7/h5-6H,2-4,10H2,1H3. The summed E-state index contributed by atoms with van der Waals surface area (Å²) in [7, 11) is 0. The Labute approximate surface area is 75.9 Å². The van der Waals surface area contributed by atoms with E-state index in [-0.39, 0.29) is 6.04 Å². The molecule has 2 heterocycles. The van der Waals surface area contributed by atoms with E-state index in [2.05, 4.69) is 10.1 Å². The van der Waals surface area contributed by atoms with Gasteiger partial charge in [-0.25, -0.2) is 14.1 Å². The molecule has 1 aliphatic rings. The maximum Gasteiger partial charge on any atom is 0.150 e. The summed E-state index contributed by atoms with van der Waals surface area (Å²) < 4.78 is 14.7. The van der Waals surface area contributed by atoms with Crippen molar-refractivity contribution in [2.75, 3.05) is 0 Å². The van der Waals surface area contributed by atoms with Crippen LogP contribution in [0.1, 0.15) is 31.0 Å². The molecule has 0 fully saturated rings. The van der Waals surface area contributed by atoms with E-state index in [1.54, 1.807) is 4.68 Å². The van der Waals surface area contributed by atoms with Gasteiger partial charge in [-0.05, 0) is 0 Å². The van der Waals surface area contributed by atoms with Crippen molar-refractivity contribution in [2.45, 2.75) is 38.5 Å². The summed E-state index contributed by atoms with van der Waals surface area (Å²) >= 11 is 0. The molecule has 72 valence electrons. The lowest BCUT2D eigenvalue weighted by molar-refractivity contribution is 0.219. The second-order valence-electron chi connectivity index (χ2n) is 3.36. The van der Waals surface area contributed by atoms with Gasteiger partial charge in [0.15, 0.2) is 5.82 Å². The van der Waals surface area contributed by atoms with Crippen molar-refractivity contribution in [2.24, 2.45) is 5.73 Å². The molecular weight excluding hydrogens is 171 g/mol. The van der Waals surface area contributed by atoms with Gasteiger partial charge in [0.05, 0.1) is 12.6 Å². The highest BCUT2D eigenvalue weighted by molar-refractivity contribution is 5.02. The first-order valence-corrected chi connectivity index (χ1v) is 4.54. The van der Waals surface area contributed by atoms with E-state index in [0.717, 1.165) is 18.1 Å². The van der Waals surface area contributed by atoms with Crippen LogP contribution in [0.25, 0.3) is 0 Å². The number of hydrogen-bond acceptors (Lipinski definition) is 3. The van der Waals surface area contributed by atoms with E-state index in [9.17, 15) is 4.39 Å². The van der Waals surface area contributed by atoms with E-state index < -0.39 is 6.17 Å². The minimum atomic E-state index is -0.881. The van der Waals surface area contributed by atoms with Crippen LogP contribution in [-0.2, 0) is 13.0 Å². The molecule has 13 heavy (non-hydrogen) atoms. The maximum atomic E-state index is 13.1. The predicted octanol–water partition coefficient (Wildman–Crippen LogP) is 0.582. The molecule has 0 aromatic carbocycles. The second kappa shape index (κ2) is 3.06. The van der Waals surface area contributed by atoms with E-state index in [4.69, 9.17) is 5.73 Å². The average molecular weight is 184 g/mol. The van der Waals surface area contributed by atoms with Crippen LogP contribution in [0.5, 0.6) is 0 Å². The van der Waals surface area contributed by atoms with Gasteiger partial charge in [0.2, 0.25) is 0 Å². The van der Waals surface area contributed by atoms with Gasteiger partial charge in [-0.2, -0.15) is 5.10 Å². The molecule has 2 rings (SSSR count). The largest absolute Gasteiger partial charge is 0.321 e. The van der Waals surface area contributed by atoms with Gasteiger partial charge in [0, 0.05) is 12.8 Å². The summed E-state index contributed by atoms with van der Waals surface area (Å²) in [6.45, 7) is 2.27. The van der Waals surface area contributed by atoms with Gasteiger partial charge in [-0.3, -0.25) is 0 Å². The van der Waals surface area contributed by atoms with Gasteiger partial charge < -0.3 is 5.73 Å². The van der Waals surface area contributed by atoms with Crippen molar-refractivity contribution in [1.82, 2.24) is 14.8 Å². The highest BCUT2D eigenvalue weighted by atomic mass is 19.1. The van der Waals surface area contributed by atoms with Gasteiger partial charge in [0.25, 0.3) is 0 Å². The number of fused-ring (bicyclic) bond motifs is 1. The number of halogens is 1. The fraction of sp³-hybridized carbons (Fsp3) is 0.750. The van der Waals surface area contributed by atoms with Crippen LogP contribution in [0.2, 0.25) is 0 Å². The molecule has 0 amide bonds. The van der Waals surface area contributed by atoms with Crippen molar-refractivity contribution in [3.8, 4) is 0 Å². The van der Waals surface area contributed by atoms with Crippen LogP contribution >= 0.6 is 0 Å². The van der Waals surface area contributed by atoms with Gasteiger partial charge in [-0.15, -0.1) is 0 Å². The molecule has 5 heteroatoms. The third-order valence-corrected chi connectivity index (χ3v) is 2.27. The first kappa shape index (κ1) is 8.62. The van der Waals surface area contributed by atoms with Crippen molar-refractivity contribution < 1.29 is 4.39 Å². The van der Waals surface area contributed by atoms with Gasteiger partial charge in [-0.1, -0.05) is 6.92 Å². The van der Waals surface area contributed by atoms with Crippen LogP contribution in [0.4, 0.5) is 4.39 Å². The zero-order valence-electron chi connectivity index (χ0n) is 7.57. The third-order valence-electron chi connectivity index (χ3n) is 2.27. The summed E-state index contributed by atoms with van der Waals surface area (Å²) in [5.41, 5.74) is 5.74. The fourth-order valence-corrected chi connectivity index (χ4v) is 1.60. The van der Waals surface area contributed by atoms with Gasteiger partial charge in [0.1, 0.15) is 12.0 Å². The molecule has 0 radical (unpaired) electrons. The molecule has 0 saturated carbocycles. The molecule has 2 atom stereocenters. The minimum absolute atomic E-state index is 0.295. The summed E-state index contributed by atoms with van der Waals surface area (Å²) in [5.74, 6) is 1.48. The number of nitrogens with zero attached hydrogens (tertiary/aromatic N) is 3. The zero-order chi connectivity index (χ0) is 9.42. The Hall–Kier alpha value is -0.970. The van der Waals surface area contributed by atoms with E-state index in [1.807, 2.05) is 6.92 Å². The normalized spacial score (nSPS) is 27.3. The monoisotopic (exact) mass is 184 g/mol. The fourth-order valence-electron chi connectivity index (χ4n) is 1.60. The van der Waals surface area contributed by atoms with Crippen LogP contribution < -0.4 is 5.73 Å². The van der Waals surface area contributed by atoms with Crippen molar-refractivity contribution >= 4 is 0 Å². The molecule has 2 unspecified atom stereocenters. The summed E-state index contributed by atoms with van der Waals surface area (Å²) in [4.78, 5) is 4.24. The number of aryl methyl sites for hydroxylation is 1. The molecule has 1 aliphatic heterocycles. The molecule has 1 aromatic rings. The number of alkyl halides is 1. The number of aromatic nitrogens is 3. The van der Waals surface area contributed by atoms with Crippen LogP contribution in [0, 0.1) is 0 Å². The molecule has 1 aromatic heterocycles. The SMILES string of the molecule is CCc1nc2n(n1)CC(F)CC2N. The molecule has 0 spiro atoms.